The van der Waals surface area contributed by atoms with Crippen LogP contribution in [0, 0.1) is 24.7 Å². The first-order valence-corrected chi connectivity index (χ1v) is 16.1. The zero-order valence-corrected chi connectivity index (χ0v) is 26.9. The molecule has 0 N–H and O–H groups in total. The molecule has 0 spiro atoms. The molecule has 2 nitrogen and oxygen atoms in total. The first-order valence-electron chi connectivity index (χ1n) is 16.1. The predicted molar refractivity (Wildman–Crippen MR) is 174 cm³/mol. The Bertz CT molecular complexity index is 1610. The second-order valence-corrected chi connectivity index (χ2v) is 15.2. The lowest BCUT2D eigenvalue weighted by atomic mass is 9.79. The summed E-state index contributed by atoms with van der Waals surface area (Å²) in [5.41, 5.74) is 11.8. The van der Waals surface area contributed by atoms with Crippen LogP contribution in [0.3, 0.4) is 0 Å². The largest absolute Gasteiger partial charge is 0.737 e. The van der Waals surface area contributed by atoms with Crippen molar-refractivity contribution in [3.63, 3.8) is 0 Å². The van der Waals surface area contributed by atoms with Gasteiger partial charge >= 0.3 is 6.97 Å². The summed E-state index contributed by atoms with van der Waals surface area (Å²) in [5.74, 6) is 0. The van der Waals surface area contributed by atoms with Gasteiger partial charge in [-0.1, -0.05) is 71.9 Å². The molecule has 5 heteroatoms. The van der Waals surface area contributed by atoms with Crippen molar-refractivity contribution in [2.24, 2.45) is 10.8 Å². The maximum Gasteiger partial charge on any atom is 0.737 e. The Labute approximate surface area is 251 Å². The van der Waals surface area contributed by atoms with Gasteiger partial charge in [0.1, 0.15) is 0 Å². The van der Waals surface area contributed by atoms with E-state index in [0.717, 1.165) is 107 Å². The van der Waals surface area contributed by atoms with E-state index in [4.69, 9.17) is 0 Å². The Hall–Kier alpha value is -2.95. The molecule has 0 fully saturated rings. The highest BCUT2D eigenvalue weighted by molar-refractivity contribution is 6.59. The molecule has 1 aromatic heterocycles. The van der Waals surface area contributed by atoms with Crippen molar-refractivity contribution in [2.75, 3.05) is 0 Å². The van der Waals surface area contributed by atoms with Crippen molar-refractivity contribution in [1.82, 2.24) is 4.48 Å². The van der Waals surface area contributed by atoms with Crippen LogP contribution in [0.1, 0.15) is 119 Å². The molecule has 0 radical (unpaired) electrons. The van der Waals surface area contributed by atoms with Crippen LogP contribution in [0.5, 0.6) is 0 Å². The lowest BCUT2D eigenvalue weighted by molar-refractivity contribution is -0.362. The molecule has 0 saturated heterocycles. The minimum Gasteiger partial charge on any atom is -0.389 e. The quantitative estimate of drug-likeness (QED) is 0.326. The molecule has 0 saturated carbocycles. The van der Waals surface area contributed by atoms with Crippen molar-refractivity contribution in [3.8, 4) is 0 Å². The minimum absolute atomic E-state index is 0.110. The number of hydrogen-bond acceptors (Lipinski definition) is 0. The highest BCUT2D eigenvalue weighted by Crippen LogP contribution is 2.52. The van der Waals surface area contributed by atoms with E-state index in [1.807, 2.05) is 12.2 Å². The van der Waals surface area contributed by atoms with E-state index in [1.54, 1.807) is 0 Å². The van der Waals surface area contributed by atoms with Gasteiger partial charge in [0.2, 0.25) is 0 Å². The highest BCUT2D eigenvalue weighted by atomic mass is 19.2. The number of halogens is 2. The molecule has 1 aromatic carbocycles. The third-order valence-corrected chi connectivity index (χ3v) is 9.44. The fraction of sp³-hybridized carbons (Fsp3) is 0.486. The third-order valence-electron chi connectivity index (χ3n) is 9.44. The Morgan fingerprint density at radius 1 is 0.762 bits per heavy atom. The molecular weight excluding hydrogens is 521 g/mol. The van der Waals surface area contributed by atoms with Crippen LogP contribution in [-0.4, -0.2) is 21.6 Å². The summed E-state index contributed by atoms with van der Waals surface area (Å²) in [6, 6.07) is 6.38. The van der Waals surface area contributed by atoms with Crippen molar-refractivity contribution in [3.05, 3.63) is 92.5 Å². The van der Waals surface area contributed by atoms with Crippen LogP contribution in [0.2, 0.25) is 0 Å². The first-order chi connectivity index (χ1) is 19.7. The van der Waals surface area contributed by atoms with Crippen LogP contribution in [0.4, 0.5) is 8.63 Å². The van der Waals surface area contributed by atoms with Crippen molar-refractivity contribution < 1.29 is 13.1 Å². The van der Waals surface area contributed by atoms with Gasteiger partial charge in [0.15, 0.2) is 11.4 Å². The van der Waals surface area contributed by atoms with E-state index < -0.39 is 6.97 Å². The van der Waals surface area contributed by atoms with Crippen LogP contribution in [0.15, 0.2) is 53.3 Å². The number of rotatable bonds is 3. The average molecular weight is 569 g/mol. The second-order valence-electron chi connectivity index (χ2n) is 15.2. The minimum atomic E-state index is -4.14. The standard InChI is InChI=1S/C37H47BF2N2/c1-24-14-13-15-25(2)32(24)33-34-28-18-11-9-16-26(28)30(20-22-36(3,4)5)41(34)38(39,40)42-31(21-23-37(6,7)8)27-17-10-12-19-29(27)35(33)42/h13-15,20-23H,9-12,16-19H2,1-8H3/b22-20+,23-21+. The van der Waals surface area contributed by atoms with Crippen molar-refractivity contribution in [1.29, 1.82) is 0 Å². The summed E-state index contributed by atoms with van der Waals surface area (Å²) < 4.78 is 38.5. The van der Waals surface area contributed by atoms with E-state index in [9.17, 15) is 0 Å². The van der Waals surface area contributed by atoms with E-state index in [2.05, 4.69) is 85.7 Å². The zero-order chi connectivity index (χ0) is 30.2. The van der Waals surface area contributed by atoms with Gasteiger partial charge in [-0.25, -0.2) is 0 Å². The fourth-order valence-electron chi connectivity index (χ4n) is 7.60. The zero-order valence-electron chi connectivity index (χ0n) is 26.9. The van der Waals surface area contributed by atoms with Crippen molar-refractivity contribution >= 4 is 24.3 Å². The van der Waals surface area contributed by atoms with E-state index in [1.165, 1.54) is 8.96 Å². The maximum atomic E-state index is 17.7. The van der Waals surface area contributed by atoms with Gasteiger partial charge in [0.25, 0.3) is 0 Å². The van der Waals surface area contributed by atoms with Gasteiger partial charge in [0, 0.05) is 28.6 Å². The summed E-state index contributed by atoms with van der Waals surface area (Å²) in [4.78, 5) is 0. The van der Waals surface area contributed by atoms with Gasteiger partial charge in [-0.15, -0.1) is 0 Å². The molecule has 0 atom stereocenters. The normalized spacial score (nSPS) is 20.5. The lowest BCUT2D eigenvalue weighted by Gasteiger charge is -2.35. The fourth-order valence-corrected chi connectivity index (χ4v) is 7.60. The summed E-state index contributed by atoms with van der Waals surface area (Å²) in [7, 11) is 0. The van der Waals surface area contributed by atoms with Crippen LogP contribution >= 0.6 is 0 Å². The first kappa shape index (κ1) is 29.1. The lowest BCUT2D eigenvalue weighted by Crippen LogP contribution is -2.52. The monoisotopic (exact) mass is 568 g/mol. The van der Waals surface area contributed by atoms with Crippen LogP contribution < -0.4 is 0 Å². The molecule has 4 aliphatic rings. The predicted octanol–water partition coefficient (Wildman–Crippen LogP) is 9.98. The number of aromatic nitrogens is 1. The van der Waals surface area contributed by atoms with Gasteiger partial charge < -0.3 is 17.6 Å². The number of aryl methyl sites for hydroxylation is 2. The summed E-state index contributed by atoms with van der Waals surface area (Å²) in [6.45, 7) is 13.0. The van der Waals surface area contributed by atoms with Crippen LogP contribution in [0.25, 0.3) is 11.6 Å². The van der Waals surface area contributed by atoms with E-state index >= 15 is 8.63 Å². The molecule has 2 aliphatic carbocycles. The van der Waals surface area contributed by atoms with Gasteiger partial charge in [0.05, 0.1) is 5.57 Å². The Kier molecular flexibility index (Phi) is 6.98. The highest BCUT2D eigenvalue weighted by Gasteiger charge is 2.58. The molecule has 2 aliphatic heterocycles. The average Bonchev–Trinajstić information content (AvgIpc) is 3.42. The molecule has 42 heavy (non-hydrogen) atoms. The van der Waals surface area contributed by atoms with Crippen LogP contribution in [-0.2, 0) is 12.8 Å². The third kappa shape index (κ3) is 4.72. The summed E-state index contributed by atoms with van der Waals surface area (Å²) in [5, 5.41) is 0. The van der Waals surface area contributed by atoms with Crippen molar-refractivity contribution in [2.45, 2.75) is 107 Å². The molecular formula is C37H47BF2N2. The van der Waals surface area contributed by atoms with E-state index in [-0.39, 0.29) is 10.8 Å². The molecule has 6 rings (SSSR count). The Balaban J connectivity index is 1.81. The number of allylic oxidation sites excluding steroid dienone is 5. The second kappa shape index (κ2) is 10.1. The number of fused-ring (bicyclic) bond motifs is 5. The maximum absolute atomic E-state index is 17.7. The molecule has 0 amide bonds. The number of nitrogens with zero attached hydrogens (tertiary/aromatic N) is 2. The number of hydrogen-bond donors (Lipinski definition) is 0. The Morgan fingerprint density at radius 2 is 1.31 bits per heavy atom. The summed E-state index contributed by atoms with van der Waals surface area (Å²) in [6.07, 6.45) is 15.9. The molecule has 3 heterocycles. The molecule has 0 bridgehead atoms. The molecule has 2 aromatic rings. The van der Waals surface area contributed by atoms with Gasteiger partial charge in [-0.05, 0) is 110 Å². The van der Waals surface area contributed by atoms with E-state index in [0.29, 0.717) is 11.4 Å². The van der Waals surface area contributed by atoms with Gasteiger partial charge in [-0.3, -0.25) is 0 Å². The molecule has 222 valence electrons. The smallest absolute Gasteiger partial charge is 0.389 e. The summed E-state index contributed by atoms with van der Waals surface area (Å²) >= 11 is 0. The van der Waals surface area contributed by atoms with Gasteiger partial charge in [-0.2, -0.15) is 0 Å². The Morgan fingerprint density at radius 3 is 1.93 bits per heavy atom. The number of benzene rings is 1. The molecule has 0 unspecified atom stereocenters. The topological polar surface area (TPSA) is 7.94 Å². The SMILES string of the molecule is Cc1cccc(C)c1C1=C2C3=C(CCCC3)C(/C=C/C(C)(C)C)=[N+]2[B-](F)(F)n2c(/C=C/C(C)(C)C)c3c(c21)CCCC3.